The summed E-state index contributed by atoms with van der Waals surface area (Å²) in [7, 11) is 0. The van der Waals surface area contributed by atoms with Gasteiger partial charge in [-0.25, -0.2) is 9.50 Å². The average molecular weight is 323 g/mol. The van der Waals surface area contributed by atoms with Gasteiger partial charge in [0.15, 0.2) is 0 Å². The third-order valence-electron chi connectivity index (χ3n) is 4.61. The van der Waals surface area contributed by atoms with Crippen LogP contribution in [0.1, 0.15) is 11.1 Å². The van der Waals surface area contributed by atoms with Gasteiger partial charge in [0.25, 0.3) is 0 Å². The number of anilines is 1. The van der Waals surface area contributed by atoms with E-state index in [1.54, 1.807) is 6.20 Å². The summed E-state index contributed by atoms with van der Waals surface area (Å²) in [4.78, 5) is 9.21. The molecule has 0 aromatic carbocycles. The molecule has 1 aliphatic rings. The molecule has 1 fully saturated rings. The van der Waals surface area contributed by atoms with Crippen molar-refractivity contribution in [1.82, 2.24) is 19.5 Å². The molecule has 0 saturated carbocycles. The van der Waals surface area contributed by atoms with Gasteiger partial charge in [0, 0.05) is 50.7 Å². The zero-order chi connectivity index (χ0) is 16.4. The average Bonchev–Trinajstić information content (AvgIpc) is 3.07. The van der Waals surface area contributed by atoms with E-state index in [-0.39, 0.29) is 6.61 Å². The number of rotatable bonds is 4. The monoisotopic (exact) mass is 323 g/mol. The van der Waals surface area contributed by atoms with Crippen LogP contribution >= 0.6 is 0 Å². The highest BCUT2D eigenvalue weighted by molar-refractivity contribution is 5.60. The molecule has 124 valence electrons. The predicted octanol–water partition coefficient (Wildman–Crippen LogP) is 1.54. The van der Waals surface area contributed by atoms with Crippen molar-refractivity contribution in [2.24, 2.45) is 0 Å². The molecule has 3 aromatic heterocycles. The van der Waals surface area contributed by atoms with Crippen LogP contribution in [-0.4, -0.2) is 50.8 Å². The largest absolute Gasteiger partial charge is 0.392 e. The molecule has 0 aliphatic carbocycles. The van der Waals surface area contributed by atoms with Crippen LogP contribution in [0.5, 0.6) is 0 Å². The predicted molar refractivity (Wildman–Crippen MR) is 92.8 cm³/mol. The van der Waals surface area contributed by atoms with Crippen molar-refractivity contribution in [3.05, 3.63) is 60.0 Å². The normalized spacial score (nSPS) is 16.0. The highest BCUT2D eigenvalue weighted by Gasteiger charge is 2.19. The van der Waals surface area contributed by atoms with Gasteiger partial charge >= 0.3 is 0 Å². The van der Waals surface area contributed by atoms with E-state index in [1.165, 1.54) is 5.56 Å². The molecule has 24 heavy (non-hydrogen) atoms. The Balaban J connectivity index is 1.47. The standard InChI is InChI=1S/C18H21N5O/c24-14-16-12-20-23-7-3-4-15(18(16)23)13-21-8-10-22(11-9-21)17-5-1-2-6-19-17/h1-7,12,24H,8-11,13-14H2. The van der Waals surface area contributed by atoms with E-state index < -0.39 is 0 Å². The number of aliphatic hydroxyl groups excluding tert-OH is 1. The summed E-state index contributed by atoms with van der Waals surface area (Å²) in [6.45, 7) is 4.85. The van der Waals surface area contributed by atoms with Crippen molar-refractivity contribution < 1.29 is 5.11 Å². The Kier molecular flexibility index (Phi) is 4.15. The van der Waals surface area contributed by atoms with Gasteiger partial charge in [-0.05, 0) is 23.8 Å². The van der Waals surface area contributed by atoms with Crippen LogP contribution < -0.4 is 4.90 Å². The Bertz CT molecular complexity index is 809. The van der Waals surface area contributed by atoms with E-state index in [0.29, 0.717) is 0 Å². The summed E-state index contributed by atoms with van der Waals surface area (Å²) in [6, 6.07) is 10.2. The number of aromatic nitrogens is 3. The summed E-state index contributed by atoms with van der Waals surface area (Å²) in [5.41, 5.74) is 3.13. The second kappa shape index (κ2) is 6.59. The minimum atomic E-state index is 0.0218. The number of piperazine rings is 1. The molecule has 1 saturated heterocycles. The van der Waals surface area contributed by atoms with Crippen LogP contribution in [0.3, 0.4) is 0 Å². The molecule has 0 amide bonds. The van der Waals surface area contributed by atoms with Crippen molar-refractivity contribution in [3.63, 3.8) is 0 Å². The molecule has 4 heterocycles. The van der Waals surface area contributed by atoms with Crippen LogP contribution in [0.15, 0.2) is 48.9 Å². The maximum atomic E-state index is 9.54. The number of hydrogen-bond donors (Lipinski definition) is 1. The molecular weight excluding hydrogens is 302 g/mol. The molecule has 0 bridgehead atoms. The molecule has 6 nitrogen and oxygen atoms in total. The number of pyridine rings is 2. The molecule has 0 atom stereocenters. The molecule has 1 aliphatic heterocycles. The smallest absolute Gasteiger partial charge is 0.128 e. The summed E-state index contributed by atoms with van der Waals surface area (Å²) in [5, 5.41) is 13.9. The fraction of sp³-hybridized carbons (Fsp3) is 0.333. The maximum Gasteiger partial charge on any atom is 0.128 e. The number of hydrogen-bond acceptors (Lipinski definition) is 5. The molecule has 0 spiro atoms. The molecule has 4 rings (SSSR count). The van der Waals surface area contributed by atoms with E-state index in [2.05, 4.69) is 32.0 Å². The fourth-order valence-electron chi connectivity index (χ4n) is 3.34. The van der Waals surface area contributed by atoms with E-state index in [9.17, 15) is 5.11 Å². The van der Waals surface area contributed by atoms with Gasteiger partial charge in [0.2, 0.25) is 0 Å². The zero-order valence-electron chi connectivity index (χ0n) is 13.5. The number of fused-ring (bicyclic) bond motifs is 1. The fourth-order valence-corrected chi connectivity index (χ4v) is 3.34. The second-order valence-electron chi connectivity index (χ2n) is 6.11. The van der Waals surface area contributed by atoms with Crippen molar-refractivity contribution >= 4 is 11.3 Å². The molecule has 0 radical (unpaired) electrons. The summed E-state index contributed by atoms with van der Waals surface area (Å²) >= 11 is 0. The van der Waals surface area contributed by atoms with Crippen LogP contribution in [0.2, 0.25) is 0 Å². The number of nitrogens with zero attached hydrogens (tertiary/aromatic N) is 5. The molecule has 0 unspecified atom stereocenters. The lowest BCUT2D eigenvalue weighted by atomic mass is 10.1. The van der Waals surface area contributed by atoms with Gasteiger partial charge < -0.3 is 10.0 Å². The lowest BCUT2D eigenvalue weighted by Crippen LogP contribution is -2.46. The topological polar surface area (TPSA) is 56.9 Å². The minimum absolute atomic E-state index is 0.0218. The number of aliphatic hydroxyl groups is 1. The summed E-state index contributed by atoms with van der Waals surface area (Å²) < 4.78 is 1.85. The van der Waals surface area contributed by atoms with E-state index >= 15 is 0 Å². The van der Waals surface area contributed by atoms with Crippen molar-refractivity contribution in [2.45, 2.75) is 13.2 Å². The van der Waals surface area contributed by atoms with E-state index in [1.807, 2.05) is 35.1 Å². The maximum absolute atomic E-state index is 9.54. The Morgan fingerprint density at radius 3 is 2.62 bits per heavy atom. The van der Waals surface area contributed by atoms with E-state index in [4.69, 9.17) is 0 Å². The van der Waals surface area contributed by atoms with Crippen molar-refractivity contribution in [2.75, 3.05) is 31.1 Å². The third-order valence-corrected chi connectivity index (χ3v) is 4.61. The van der Waals surface area contributed by atoms with Gasteiger partial charge in [-0.15, -0.1) is 0 Å². The highest BCUT2D eigenvalue weighted by Crippen LogP contribution is 2.19. The quantitative estimate of drug-likeness (QED) is 0.789. The molecule has 1 N–H and O–H groups in total. The van der Waals surface area contributed by atoms with E-state index in [0.717, 1.165) is 49.6 Å². The first-order valence-electron chi connectivity index (χ1n) is 8.28. The van der Waals surface area contributed by atoms with Crippen molar-refractivity contribution in [1.29, 1.82) is 0 Å². The van der Waals surface area contributed by atoms with Crippen LogP contribution in [-0.2, 0) is 13.2 Å². The lowest BCUT2D eigenvalue weighted by Gasteiger charge is -2.35. The van der Waals surface area contributed by atoms with Crippen LogP contribution in [0.4, 0.5) is 5.82 Å². The van der Waals surface area contributed by atoms with Gasteiger partial charge in [-0.3, -0.25) is 4.90 Å². The first kappa shape index (κ1) is 15.1. The molecule has 3 aromatic rings. The third kappa shape index (κ3) is 2.86. The van der Waals surface area contributed by atoms with Crippen molar-refractivity contribution in [3.8, 4) is 0 Å². The zero-order valence-corrected chi connectivity index (χ0v) is 13.5. The second-order valence-corrected chi connectivity index (χ2v) is 6.11. The van der Waals surface area contributed by atoms with Gasteiger partial charge in [-0.2, -0.15) is 5.10 Å². The SMILES string of the molecule is OCc1cnn2cccc(CN3CCN(c4ccccn4)CC3)c12. The van der Waals surface area contributed by atoms with Gasteiger partial charge in [0.05, 0.1) is 18.3 Å². The minimum Gasteiger partial charge on any atom is -0.392 e. The Morgan fingerprint density at radius 1 is 1.00 bits per heavy atom. The molecule has 6 heteroatoms. The Morgan fingerprint density at radius 2 is 1.88 bits per heavy atom. The molecular formula is C18H21N5O. The Hall–Kier alpha value is -2.44. The summed E-state index contributed by atoms with van der Waals surface area (Å²) in [6.07, 6.45) is 5.52. The Labute approximate surface area is 141 Å². The summed E-state index contributed by atoms with van der Waals surface area (Å²) in [5.74, 6) is 1.05. The van der Waals surface area contributed by atoms with Gasteiger partial charge in [0.1, 0.15) is 5.82 Å². The highest BCUT2D eigenvalue weighted by atomic mass is 16.3. The lowest BCUT2D eigenvalue weighted by molar-refractivity contribution is 0.249. The first-order chi connectivity index (χ1) is 11.8. The first-order valence-corrected chi connectivity index (χ1v) is 8.28. The van der Waals surface area contributed by atoms with Crippen LogP contribution in [0, 0.1) is 0 Å². The van der Waals surface area contributed by atoms with Gasteiger partial charge in [-0.1, -0.05) is 12.1 Å². The van der Waals surface area contributed by atoms with Crippen LogP contribution in [0.25, 0.3) is 5.52 Å².